The summed E-state index contributed by atoms with van der Waals surface area (Å²) in [6.45, 7) is -0.386. The molecule has 11 heteroatoms. The molecule has 0 bridgehead atoms. The number of anilines is 1. The van der Waals surface area contributed by atoms with Gasteiger partial charge in [0.2, 0.25) is 5.91 Å². The molecule has 4 amide bonds. The number of halogens is 3. The first-order valence-corrected chi connectivity index (χ1v) is 10.9. The average Bonchev–Trinajstić information content (AvgIpc) is 3.36. The van der Waals surface area contributed by atoms with Crippen molar-refractivity contribution in [1.82, 2.24) is 14.8 Å². The molecule has 2 heterocycles. The third-order valence-electron chi connectivity index (χ3n) is 5.49. The molecule has 0 unspecified atom stereocenters. The normalized spacial score (nSPS) is 17.8. The summed E-state index contributed by atoms with van der Waals surface area (Å²) >= 11 is 3.09. The number of nitrogens with two attached hydrogens (primary N) is 1. The second-order valence-corrected chi connectivity index (χ2v) is 8.48. The quantitative estimate of drug-likeness (QED) is 0.488. The van der Waals surface area contributed by atoms with Crippen molar-refractivity contribution in [1.29, 1.82) is 0 Å². The summed E-state index contributed by atoms with van der Waals surface area (Å²) < 4.78 is 29.8. The number of nitrogens with zero attached hydrogens (tertiary/aromatic N) is 2. The Hall–Kier alpha value is -3.47. The molecule has 0 spiro atoms. The molecule has 33 heavy (non-hydrogen) atoms. The van der Waals surface area contributed by atoms with Gasteiger partial charge in [0.25, 0.3) is 0 Å². The van der Waals surface area contributed by atoms with Gasteiger partial charge in [-0.3, -0.25) is 9.36 Å². The number of aromatic nitrogens is 1. The van der Waals surface area contributed by atoms with Crippen LogP contribution >= 0.6 is 15.9 Å². The number of fused-ring (bicyclic) bond motifs is 1. The molecule has 0 radical (unpaired) electrons. The number of para-hydroxylation sites is 1. The number of carbonyl (C=O) groups excluding carboxylic acids is 3. The molecule has 8 nitrogen and oxygen atoms in total. The number of hydrogen-bond acceptors (Lipinski definition) is 3. The van der Waals surface area contributed by atoms with Crippen LogP contribution in [0.2, 0.25) is 0 Å². The topological polar surface area (TPSA) is 109 Å². The highest BCUT2D eigenvalue weighted by molar-refractivity contribution is 9.10. The van der Waals surface area contributed by atoms with Crippen LogP contribution in [-0.4, -0.2) is 46.2 Å². The number of rotatable bonds is 4. The van der Waals surface area contributed by atoms with Gasteiger partial charge in [-0.1, -0.05) is 30.3 Å². The summed E-state index contributed by atoms with van der Waals surface area (Å²) in [4.78, 5) is 38.5. The number of benzene rings is 2. The fourth-order valence-corrected chi connectivity index (χ4v) is 4.30. The van der Waals surface area contributed by atoms with E-state index in [1.165, 1.54) is 22.9 Å². The first-order chi connectivity index (χ1) is 15.8. The minimum Gasteiger partial charge on any atom is -0.351 e. The second-order valence-electron chi connectivity index (χ2n) is 7.63. The first kappa shape index (κ1) is 22.7. The van der Waals surface area contributed by atoms with Crippen molar-refractivity contribution in [3.05, 3.63) is 64.5 Å². The lowest BCUT2D eigenvalue weighted by Gasteiger charge is -2.24. The smallest absolute Gasteiger partial charge is 0.323 e. The van der Waals surface area contributed by atoms with Gasteiger partial charge < -0.3 is 21.3 Å². The lowest BCUT2D eigenvalue weighted by Crippen LogP contribution is -2.47. The highest BCUT2D eigenvalue weighted by Crippen LogP contribution is 2.28. The van der Waals surface area contributed by atoms with E-state index < -0.39 is 36.0 Å². The molecule has 3 aromatic rings. The molecule has 0 aliphatic carbocycles. The summed E-state index contributed by atoms with van der Waals surface area (Å²) in [6, 6.07) is 9.00. The largest absolute Gasteiger partial charge is 0.351 e. The fraction of sp³-hybridized carbons (Fsp3) is 0.227. The molecule has 1 aliphatic rings. The van der Waals surface area contributed by atoms with E-state index >= 15 is 0 Å². The van der Waals surface area contributed by atoms with Crippen LogP contribution in [0.15, 0.2) is 53.1 Å². The van der Waals surface area contributed by atoms with Gasteiger partial charge in [0, 0.05) is 30.1 Å². The second kappa shape index (κ2) is 9.18. The van der Waals surface area contributed by atoms with Crippen molar-refractivity contribution in [3.8, 4) is 0 Å². The van der Waals surface area contributed by atoms with Gasteiger partial charge in [0.15, 0.2) is 0 Å². The highest BCUT2D eigenvalue weighted by atomic mass is 79.9. The van der Waals surface area contributed by atoms with Crippen LogP contribution in [0.4, 0.5) is 24.1 Å². The number of likely N-dealkylation sites (tertiary alicyclic amines) is 1. The van der Waals surface area contributed by atoms with Crippen molar-refractivity contribution in [3.63, 3.8) is 0 Å². The van der Waals surface area contributed by atoms with Crippen LogP contribution in [0, 0.1) is 5.82 Å². The van der Waals surface area contributed by atoms with E-state index in [2.05, 4.69) is 26.6 Å². The van der Waals surface area contributed by atoms with Crippen LogP contribution in [0.25, 0.3) is 10.9 Å². The maximum atomic E-state index is 14.2. The fourth-order valence-electron chi connectivity index (χ4n) is 3.89. The number of carbonyl (C=O) groups is 3. The van der Waals surface area contributed by atoms with Gasteiger partial charge in [-0.05, 0) is 28.1 Å². The molecule has 0 saturated carbocycles. The SMILES string of the molecule is NC(=O)n1cc(NC(=O)N2C[C@H](F)C[C@H]2C(=O)NCc2cccc(Br)c2F)c2ccccc21. The van der Waals surface area contributed by atoms with E-state index in [0.717, 1.165) is 4.90 Å². The maximum Gasteiger partial charge on any atom is 0.323 e. The Labute approximate surface area is 195 Å². The number of amides is 4. The number of urea groups is 1. The predicted molar refractivity (Wildman–Crippen MR) is 122 cm³/mol. The molecule has 4 rings (SSSR count). The third kappa shape index (κ3) is 4.54. The Morgan fingerprint density at radius 3 is 2.67 bits per heavy atom. The lowest BCUT2D eigenvalue weighted by molar-refractivity contribution is -0.124. The monoisotopic (exact) mass is 519 g/mol. The molecule has 2 atom stereocenters. The Morgan fingerprint density at radius 1 is 1.15 bits per heavy atom. The Bertz CT molecular complexity index is 1250. The molecular formula is C22H20BrF2N5O3. The highest BCUT2D eigenvalue weighted by Gasteiger charge is 2.40. The molecule has 1 saturated heterocycles. The molecular weight excluding hydrogens is 500 g/mol. The molecule has 4 N–H and O–H groups in total. The Morgan fingerprint density at radius 2 is 1.91 bits per heavy atom. The number of primary amides is 1. The maximum absolute atomic E-state index is 14.2. The third-order valence-corrected chi connectivity index (χ3v) is 6.10. The first-order valence-electron chi connectivity index (χ1n) is 10.1. The average molecular weight is 520 g/mol. The Kier molecular flexibility index (Phi) is 6.32. The summed E-state index contributed by atoms with van der Waals surface area (Å²) in [5.74, 6) is -1.10. The minimum atomic E-state index is -1.39. The van der Waals surface area contributed by atoms with Gasteiger partial charge in [-0.25, -0.2) is 18.4 Å². The summed E-state index contributed by atoms with van der Waals surface area (Å²) in [5.41, 5.74) is 6.44. The zero-order chi connectivity index (χ0) is 23.7. The van der Waals surface area contributed by atoms with Crippen LogP contribution in [0.1, 0.15) is 12.0 Å². The van der Waals surface area contributed by atoms with Crippen LogP contribution in [0.3, 0.4) is 0 Å². The van der Waals surface area contributed by atoms with Crippen molar-refractivity contribution >= 4 is 50.5 Å². The summed E-state index contributed by atoms with van der Waals surface area (Å²) in [6.07, 6.45) is -0.191. The van der Waals surface area contributed by atoms with Crippen LogP contribution < -0.4 is 16.4 Å². The Balaban J connectivity index is 1.50. The van der Waals surface area contributed by atoms with Crippen molar-refractivity contribution in [2.24, 2.45) is 5.73 Å². The lowest BCUT2D eigenvalue weighted by atomic mass is 10.1. The van der Waals surface area contributed by atoms with E-state index in [9.17, 15) is 23.2 Å². The van der Waals surface area contributed by atoms with Crippen molar-refractivity contribution < 1.29 is 23.2 Å². The summed E-state index contributed by atoms with van der Waals surface area (Å²) in [5, 5.41) is 5.78. The van der Waals surface area contributed by atoms with Gasteiger partial charge in [0.1, 0.15) is 18.0 Å². The molecule has 1 fully saturated rings. The molecule has 172 valence electrons. The van der Waals surface area contributed by atoms with E-state index in [1.54, 1.807) is 30.3 Å². The van der Waals surface area contributed by atoms with Gasteiger partial charge in [0.05, 0.1) is 22.2 Å². The van der Waals surface area contributed by atoms with Crippen LogP contribution in [0.5, 0.6) is 0 Å². The van der Waals surface area contributed by atoms with E-state index in [0.29, 0.717) is 16.6 Å². The zero-order valence-electron chi connectivity index (χ0n) is 17.2. The predicted octanol–water partition coefficient (Wildman–Crippen LogP) is 3.73. The van der Waals surface area contributed by atoms with Crippen LogP contribution in [-0.2, 0) is 11.3 Å². The van der Waals surface area contributed by atoms with E-state index in [4.69, 9.17) is 5.73 Å². The standard InChI is InChI=1S/C22H20BrF2N5O3/c23-15-6-3-4-12(19(15)25)9-27-20(31)18-8-13(24)10-30(18)22(33)28-16-11-29(21(26)32)17-7-2-1-5-14(16)17/h1-7,11,13,18H,8-10H2,(H2,26,32)(H,27,31)(H,28,33)/t13-,18+/m1/s1. The molecule has 1 aliphatic heterocycles. The van der Waals surface area contributed by atoms with Gasteiger partial charge in [-0.15, -0.1) is 0 Å². The zero-order valence-corrected chi connectivity index (χ0v) is 18.8. The van der Waals surface area contributed by atoms with Crippen molar-refractivity contribution in [2.75, 3.05) is 11.9 Å². The van der Waals surface area contributed by atoms with Gasteiger partial charge >= 0.3 is 12.1 Å². The summed E-state index contributed by atoms with van der Waals surface area (Å²) in [7, 11) is 0. The minimum absolute atomic E-state index is 0.112. The number of nitrogens with one attached hydrogen (secondary N) is 2. The number of hydrogen-bond donors (Lipinski definition) is 3. The van der Waals surface area contributed by atoms with Crippen molar-refractivity contribution in [2.45, 2.75) is 25.2 Å². The number of alkyl halides is 1. The molecule has 2 aromatic carbocycles. The molecule has 1 aromatic heterocycles. The van der Waals surface area contributed by atoms with Gasteiger partial charge in [-0.2, -0.15) is 0 Å². The van der Waals surface area contributed by atoms with E-state index in [1.807, 2.05) is 0 Å². The van der Waals surface area contributed by atoms with E-state index in [-0.39, 0.29) is 29.5 Å².